The van der Waals surface area contributed by atoms with Crippen molar-refractivity contribution in [1.82, 2.24) is 5.32 Å². The Hall–Kier alpha value is -3.84. The lowest BCUT2D eigenvalue weighted by Crippen LogP contribution is -2.19. The quantitative estimate of drug-likeness (QED) is 0.336. The molecule has 0 unspecified atom stereocenters. The topological polar surface area (TPSA) is 77.0 Å². The molecule has 0 radical (unpaired) electrons. The van der Waals surface area contributed by atoms with Gasteiger partial charge in [0.25, 0.3) is 5.91 Å². The molecule has 0 bridgehead atoms. The van der Waals surface area contributed by atoms with Crippen LogP contribution in [0.5, 0.6) is 11.5 Å². The van der Waals surface area contributed by atoms with Crippen LogP contribution in [0.4, 0.5) is 5.69 Å². The number of nitrogens with zero attached hydrogens (tertiary/aromatic N) is 1. The number of amides is 1. The van der Waals surface area contributed by atoms with E-state index in [2.05, 4.69) is 10.3 Å². The number of rotatable bonds is 5. The first-order valence-corrected chi connectivity index (χ1v) is 10.6. The maximum atomic E-state index is 12.3. The minimum atomic E-state index is -0.416. The zero-order chi connectivity index (χ0) is 22.5. The molecular formula is C25H20N2O4S. The van der Waals surface area contributed by atoms with E-state index in [0.29, 0.717) is 21.4 Å². The van der Waals surface area contributed by atoms with E-state index in [1.807, 2.05) is 43.3 Å². The minimum absolute atomic E-state index is 0.211. The van der Waals surface area contributed by atoms with Gasteiger partial charge < -0.3 is 14.8 Å². The highest BCUT2D eigenvalue weighted by molar-refractivity contribution is 8.18. The summed E-state index contributed by atoms with van der Waals surface area (Å²) in [5.41, 5.74) is 3.09. The summed E-state index contributed by atoms with van der Waals surface area (Å²) >= 11 is 1.27. The van der Waals surface area contributed by atoms with E-state index in [0.717, 1.165) is 22.6 Å². The van der Waals surface area contributed by atoms with Gasteiger partial charge in [0.1, 0.15) is 11.5 Å². The lowest BCUT2D eigenvalue weighted by Gasteiger charge is -2.05. The molecule has 1 amide bonds. The van der Waals surface area contributed by atoms with Crippen molar-refractivity contribution in [3.05, 3.63) is 94.4 Å². The van der Waals surface area contributed by atoms with Crippen LogP contribution in [0, 0.1) is 6.92 Å². The number of amidine groups is 1. The van der Waals surface area contributed by atoms with Crippen LogP contribution in [0.2, 0.25) is 0 Å². The molecule has 3 aromatic carbocycles. The Morgan fingerprint density at radius 1 is 0.938 bits per heavy atom. The number of thioether (sulfide) groups is 1. The third-order valence-electron chi connectivity index (χ3n) is 4.63. The van der Waals surface area contributed by atoms with Gasteiger partial charge in [0.15, 0.2) is 5.17 Å². The third-order valence-corrected chi connectivity index (χ3v) is 5.54. The highest BCUT2D eigenvalue weighted by atomic mass is 32.2. The van der Waals surface area contributed by atoms with E-state index in [9.17, 15) is 9.59 Å². The Kier molecular flexibility index (Phi) is 6.37. The van der Waals surface area contributed by atoms with Crippen molar-refractivity contribution in [3.63, 3.8) is 0 Å². The van der Waals surface area contributed by atoms with Crippen molar-refractivity contribution in [2.24, 2.45) is 4.99 Å². The molecule has 1 saturated heterocycles. The minimum Gasteiger partial charge on any atom is -0.497 e. The average molecular weight is 445 g/mol. The van der Waals surface area contributed by atoms with Crippen molar-refractivity contribution < 1.29 is 19.1 Å². The SMILES string of the molecule is COc1ccc(N=C2NC(=O)/C(=C/c3ccc(OC(=O)c4ccc(C)cc4)cc3)S2)cc1. The third kappa shape index (κ3) is 5.25. The number of hydrogen-bond acceptors (Lipinski definition) is 6. The van der Waals surface area contributed by atoms with Gasteiger partial charge in [-0.25, -0.2) is 9.79 Å². The van der Waals surface area contributed by atoms with Crippen LogP contribution in [-0.4, -0.2) is 24.2 Å². The molecule has 3 aromatic rings. The van der Waals surface area contributed by atoms with Gasteiger partial charge >= 0.3 is 5.97 Å². The fourth-order valence-corrected chi connectivity index (χ4v) is 3.74. The Bertz CT molecular complexity index is 1200. The smallest absolute Gasteiger partial charge is 0.343 e. The van der Waals surface area contributed by atoms with Gasteiger partial charge in [0, 0.05) is 0 Å². The first kappa shape index (κ1) is 21.4. The van der Waals surface area contributed by atoms with Crippen LogP contribution in [0.1, 0.15) is 21.5 Å². The van der Waals surface area contributed by atoms with Crippen LogP contribution in [-0.2, 0) is 4.79 Å². The molecule has 0 aliphatic carbocycles. The molecular weight excluding hydrogens is 424 g/mol. The molecule has 160 valence electrons. The molecule has 1 fully saturated rings. The number of carbonyl (C=O) groups is 2. The number of aliphatic imine (C=N–C) groups is 1. The van der Waals surface area contributed by atoms with Crippen molar-refractivity contribution in [2.75, 3.05) is 7.11 Å². The Morgan fingerprint density at radius 2 is 1.59 bits per heavy atom. The maximum absolute atomic E-state index is 12.3. The molecule has 0 saturated carbocycles. The zero-order valence-corrected chi connectivity index (χ0v) is 18.3. The second-order valence-electron chi connectivity index (χ2n) is 7.00. The average Bonchev–Trinajstić information content (AvgIpc) is 3.14. The van der Waals surface area contributed by atoms with E-state index >= 15 is 0 Å². The van der Waals surface area contributed by atoms with Crippen LogP contribution in [0.3, 0.4) is 0 Å². The standard InChI is InChI=1S/C25H20N2O4S/c1-16-3-7-18(8-4-16)24(29)31-21-11-5-17(6-12-21)15-22-23(28)27-25(32-22)26-19-9-13-20(30-2)14-10-19/h3-15H,1-2H3,(H,26,27,28)/b22-15-. The zero-order valence-electron chi connectivity index (χ0n) is 17.5. The van der Waals surface area contributed by atoms with Gasteiger partial charge in [-0.05, 0) is 78.9 Å². The van der Waals surface area contributed by atoms with Gasteiger partial charge in [-0.1, -0.05) is 29.8 Å². The second-order valence-corrected chi connectivity index (χ2v) is 8.03. The summed E-state index contributed by atoms with van der Waals surface area (Å²) in [5.74, 6) is 0.548. The van der Waals surface area contributed by atoms with E-state index in [-0.39, 0.29) is 5.91 Å². The number of aryl methyl sites for hydroxylation is 1. The number of carbonyl (C=O) groups excluding carboxylic acids is 2. The second kappa shape index (κ2) is 9.53. The summed E-state index contributed by atoms with van der Waals surface area (Å²) in [7, 11) is 1.60. The summed E-state index contributed by atoms with van der Waals surface area (Å²) in [4.78, 5) is 29.5. The van der Waals surface area contributed by atoms with Crippen LogP contribution in [0.15, 0.2) is 82.7 Å². The summed E-state index contributed by atoms with van der Waals surface area (Å²) < 4.78 is 10.5. The summed E-state index contributed by atoms with van der Waals surface area (Å²) in [5, 5.41) is 3.28. The summed E-state index contributed by atoms with van der Waals surface area (Å²) in [6, 6.07) is 21.4. The first-order chi connectivity index (χ1) is 15.5. The fourth-order valence-electron chi connectivity index (χ4n) is 2.89. The van der Waals surface area contributed by atoms with Gasteiger partial charge in [0.05, 0.1) is 23.3 Å². The number of methoxy groups -OCH3 is 1. The number of nitrogens with one attached hydrogen (secondary N) is 1. The van der Waals surface area contributed by atoms with E-state index in [1.54, 1.807) is 49.6 Å². The number of hydrogen-bond donors (Lipinski definition) is 1. The summed E-state index contributed by atoms with van der Waals surface area (Å²) in [6.45, 7) is 1.96. The molecule has 0 aromatic heterocycles. The van der Waals surface area contributed by atoms with E-state index < -0.39 is 5.97 Å². The number of ether oxygens (including phenoxy) is 2. The van der Waals surface area contributed by atoms with Crippen LogP contribution >= 0.6 is 11.8 Å². The van der Waals surface area contributed by atoms with E-state index in [1.165, 1.54) is 11.8 Å². The van der Waals surface area contributed by atoms with Gasteiger partial charge in [-0.3, -0.25) is 4.79 Å². The molecule has 0 atom stereocenters. The first-order valence-electron chi connectivity index (χ1n) is 9.83. The molecule has 1 aliphatic rings. The maximum Gasteiger partial charge on any atom is 0.343 e. The van der Waals surface area contributed by atoms with Crippen molar-refractivity contribution in [1.29, 1.82) is 0 Å². The molecule has 7 heteroatoms. The van der Waals surface area contributed by atoms with Crippen molar-refractivity contribution >= 4 is 40.6 Å². The predicted molar refractivity (Wildman–Crippen MR) is 126 cm³/mol. The largest absolute Gasteiger partial charge is 0.497 e. The monoisotopic (exact) mass is 444 g/mol. The van der Waals surface area contributed by atoms with E-state index in [4.69, 9.17) is 9.47 Å². The fraction of sp³-hybridized carbons (Fsp3) is 0.0800. The highest BCUT2D eigenvalue weighted by Gasteiger charge is 2.23. The molecule has 1 N–H and O–H groups in total. The lowest BCUT2D eigenvalue weighted by atomic mass is 10.1. The normalized spacial score (nSPS) is 15.6. The molecule has 6 nitrogen and oxygen atoms in total. The van der Waals surface area contributed by atoms with Crippen molar-refractivity contribution in [3.8, 4) is 11.5 Å². The highest BCUT2D eigenvalue weighted by Crippen LogP contribution is 2.29. The molecule has 0 spiro atoms. The number of esters is 1. The Balaban J connectivity index is 1.42. The van der Waals surface area contributed by atoms with Gasteiger partial charge in [-0.2, -0.15) is 0 Å². The Morgan fingerprint density at radius 3 is 2.25 bits per heavy atom. The van der Waals surface area contributed by atoms with Crippen LogP contribution in [0.25, 0.3) is 6.08 Å². The molecule has 1 heterocycles. The van der Waals surface area contributed by atoms with Gasteiger partial charge in [-0.15, -0.1) is 0 Å². The lowest BCUT2D eigenvalue weighted by molar-refractivity contribution is -0.115. The Labute approximate surface area is 190 Å². The van der Waals surface area contributed by atoms with Crippen LogP contribution < -0.4 is 14.8 Å². The predicted octanol–water partition coefficient (Wildman–Crippen LogP) is 5.11. The molecule has 4 rings (SSSR count). The van der Waals surface area contributed by atoms with Crippen molar-refractivity contribution in [2.45, 2.75) is 6.92 Å². The molecule has 1 aliphatic heterocycles. The number of benzene rings is 3. The van der Waals surface area contributed by atoms with Gasteiger partial charge in [0.2, 0.25) is 0 Å². The summed E-state index contributed by atoms with van der Waals surface area (Å²) in [6.07, 6.45) is 1.77. The molecule has 32 heavy (non-hydrogen) atoms.